The molecule has 3 saturated heterocycles. The fourth-order valence-corrected chi connectivity index (χ4v) is 4.28. The van der Waals surface area contributed by atoms with Crippen LogP contribution in [0.25, 0.3) is 0 Å². The van der Waals surface area contributed by atoms with Crippen LogP contribution >= 0.6 is 0 Å². The van der Waals surface area contributed by atoms with E-state index in [0.717, 1.165) is 43.6 Å². The third-order valence-electron chi connectivity index (χ3n) is 5.92. The van der Waals surface area contributed by atoms with Crippen molar-refractivity contribution in [1.29, 1.82) is 0 Å². The molecule has 2 N–H and O–H groups in total. The fourth-order valence-electron chi connectivity index (χ4n) is 4.28. The highest BCUT2D eigenvalue weighted by molar-refractivity contribution is 5.87. The molecule has 3 fully saturated rings. The molecule has 3 aliphatic rings. The Morgan fingerprint density at radius 3 is 2.52 bits per heavy atom. The SMILES string of the molecule is O=C(O)c1cccc(CNC(C(=O)O[C@H]2CN3CCC2CC3)c2ccccc2)c1. The molecule has 1 unspecified atom stereocenters. The van der Waals surface area contributed by atoms with Crippen LogP contribution in [0, 0.1) is 5.92 Å². The largest absolute Gasteiger partial charge is 0.478 e. The third kappa shape index (κ3) is 4.66. The average Bonchev–Trinajstić information content (AvgIpc) is 2.76. The number of carbonyl (C=O) groups is 2. The van der Waals surface area contributed by atoms with Gasteiger partial charge >= 0.3 is 11.9 Å². The summed E-state index contributed by atoms with van der Waals surface area (Å²) in [5, 5.41) is 12.5. The van der Waals surface area contributed by atoms with Crippen LogP contribution in [-0.2, 0) is 16.1 Å². The van der Waals surface area contributed by atoms with Gasteiger partial charge in [-0.1, -0.05) is 42.5 Å². The van der Waals surface area contributed by atoms with Crippen LogP contribution in [0.1, 0.15) is 40.4 Å². The Hall–Kier alpha value is -2.70. The maximum absolute atomic E-state index is 13.1. The zero-order valence-electron chi connectivity index (χ0n) is 16.3. The molecular weight excluding hydrogens is 368 g/mol. The van der Waals surface area contributed by atoms with Gasteiger partial charge in [0.1, 0.15) is 12.1 Å². The molecule has 2 aromatic carbocycles. The van der Waals surface area contributed by atoms with Gasteiger partial charge in [0.2, 0.25) is 0 Å². The lowest BCUT2D eigenvalue weighted by Crippen LogP contribution is -2.52. The van der Waals surface area contributed by atoms with Crippen molar-refractivity contribution in [2.45, 2.75) is 31.5 Å². The predicted octanol–water partition coefficient (Wildman–Crippen LogP) is 2.85. The monoisotopic (exact) mass is 394 g/mol. The van der Waals surface area contributed by atoms with Crippen LogP contribution in [0.15, 0.2) is 54.6 Å². The minimum atomic E-state index is -0.965. The number of carbonyl (C=O) groups excluding carboxylic acids is 1. The van der Waals surface area contributed by atoms with E-state index in [9.17, 15) is 14.7 Å². The molecule has 152 valence electrons. The number of ether oxygens (including phenoxy) is 1. The van der Waals surface area contributed by atoms with Crippen molar-refractivity contribution < 1.29 is 19.4 Å². The van der Waals surface area contributed by atoms with E-state index in [1.807, 2.05) is 36.4 Å². The number of piperidine rings is 3. The van der Waals surface area contributed by atoms with E-state index in [-0.39, 0.29) is 17.6 Å². The minimum absolute atomic E-state index is 0.0478. The molecule has 2 atom stereocenters. The van der Waals surface area contributed by atoms with Crippen molar-refractivity contribution in [1.82, 2.24) is 10.2 Å². The summed E-state index contributed by atoms with van der Waals surface area (Å²) in [4.78, 5) is 26.7. The van der Waals surface area contributed by atoms with Crippen LogP contribution in [0.5, 0.6) is 0 Å². The van der Waals surface area contributed by atoms with Crippen molar-refractivity contribution >= 4 is 11.9 Å². The van der Waals surface area contributed by atoms with Gasteiger partial charge in [-0.2, -0.15) is 0 Å². The first-order valence-electron chi connectivity index (χ1n) is 10.1. The number of fused-ring (bicyclic) bond motifs is 3. The van der Waals surface area contributed by atoms with Crippen molar-refractivity contribution in [2.75, 3.05) is 19.6 Å². The second kappa shape index (κ2) is 8.76. The number of nitrogens with zero attached hydrogens (tertiary/aromatic N) is 1. The molecule has 0 saturated carbocycles. The Morgan fingerprint density at radius 1 is 1.10 bits per heavy atom. The molecule has 2 aromatic rings. The summed E-state index contributed by atoms with van der Waals surface area (Å²) < 4.78 is 5.95. The molecule has 2 bridgehead atoms. The second-order valence-corrected chi connectivity index (χ2v) is 7.84. The van der Waals surface area contributed by atoms with Gasteiger partial charge in [-0.05, 0) is 55.1 Å². The fraction of sp³-hybridized carbons (Fsp3) is 0.391. The predicted molar refractivity (Wildman–Crippen MR) is 108 cm³/mol. The van der Waals surface area contributed by atoms with Crippen LogP contribution in [0.3, 0.4) is 0 Å². The molecule has 3 heterocycles. The van der Waals surface area contributed by atoms with Gasteiger partial charge in [-0.3, -0.25) is 10.2 Å². The van der Waals surface area contributed by atoms with Crippen molar-refractivity contribution in [2.24, 2.45) is 5.92 Å². The Morgan fingerprint density at radius 2 is 1.86 bits per heavy atom. The number of hydrogen-bond acceptors (Lipinski definition) is 5. The van der Waals surface area contributed by atoms with E-state index in [2.05, 4.69) is 10.2 Å². The van der Waals surface area contributed by atoms with Crippen molar-refractivity contribution in [3.8, 4) is 0 Å². The maximum Gasteiger partial charge on any atom is 0.335 e. The second-order valence-electron chi connectivity index (χ2n) is 7.84. The maximum atomic E-state index is 13.1. The zero-order chi connectivity index (χ0) is 20.2. The highest BCUT2D eigenvalue weighted by Gasteiger charge is 2.37. The standard InChI is InChI=1S/C23H26N2O4/c26-22(27)19-8-4-5-16(13-19)14-24-21(18-6-2-1-3-7-18)23(28)29-20-15-25-11-9-17(20)10-12-25/h1-8,13,17,20-21,24H,9-12,14-15H2,(H,26,27)/t20-,21?/m0/s1. The van der Waals surface area contributed by atoms with Crippen molar-refractivity contribution in [3.63, 3.8) is 0 Å². The van der Waals surface area contributed by atoms with Gasteiger partial charge in [-0.25, -0.2) is 9.59 Å². The topological polar surface area (TPSA) is 78.9 Å². The van der Waals surface area contributed by atoms with Gasteiger partial charge in [-0.15, -0.1) is 0 Å². The summed E-state index contributed by atoms with van der Waals surface area (Å²) in [6, 6.07) is 15.7. The number of carboxylic acid groups (broad SMARTS) is 1. The van der Waals surface area contributed by atoms with E-state index in [4.69, 9.17) is 4.74 Å². The summed E-state index contributed by atoms with van der Waals surface area (Å²) in [6.45, 7) is 3.38. The van der Waals surface area contributed by atoms with Crippen LogP contribution < -0.4 is 5.32 Å². The molecule has 5 rings (SSSR count). The van der Waals surface area contributed by atoms with E-state index in [1.165, 1.54) is 0 Å². The Balaban J connectivity index is 1.47. The Kier molecular flexibility index (Phi) is 5.92. The first kappa shape index (κ1) is 19.6. The molecule has 0 spiro atoms. The molecule has 6 heteroatoms. The van der Waals surface area contributed by atoms with E-state index >= 15 is 0 Å². The summed E-state index contributed by atoms with van der Waals surface area (Å²) in [6.07, 6.45) is 2.13. The quantitative estimate of drug-likeness (QED) is 0.703. The summed E-state index contributed by atoms with van der Waals surface area (Å²) in [7, 11) is 0. The van der Waals surface area contributed by atoms with Gasteiger partial charge in [0.05, 0.1) is 5.56 Å². The smallest absolute Gasteiger partial charge is 0.335 e. The van der Waals surface area contributed by atoms with E-state index < -0.39 is 12.0 Å². The molecule has 0 amide bonds. The highest BCUT2D eigenvalue weighted by atomic mass is 16.5. The Bertz CT molecular complexity index is 862. The lowest BCUT2D eigenvalue weighted by atomic mass is 9.86. The number of carboxylic acids is 1. The van der Waals surface area contributed by atoms with Gasteiger partial charge in [0, 0.05) is 13.1 Å². The molecule has 3 aliphatic heterocycles. The van der Waals surface area contributed by atoms with Crippen molar-refractivity contribution in [3.05, 3.63) is 71.3 Å². The minimum Gasteiger partial charge on any atom is -0.478 e. The number of rotatable bonds is 7. The van der Waals surface area contributed by atoms with Crippen LogP contribution in [-0.4, -0.2) is 47.7 Å². The van der Waals surface area contributed by atoms with Crippen LogP contribution in [0.4, 0.5) is 0 Å². The summed E-state index contributed by atoms with van der Waals surface area (Å²) >= 11 is 0. The molecule has 0 aromatic heterocycles. The molecule has 0 aliphatic carbocycles. The molecular formula is C23H26N2O4. The van der Waals surface area contributed by atoms with E-state index in [1.54, 1.807) is 18.2 Å². The van der Waals surface area contributed by atoms with Gasteiger partial charge < -0.3 is 9.84 Å². The first-order valence-corrected chi connectivity index (χ1v) is 10.1. The Labute approximate surface area is 170 Å². The lowest BCUT2D eigenvalue weighted by molar-refractivity contribution is -0.161. The number of hydrogen-bond donors (Lipinski definition) is 2. The molecule has 6 nitrogen and oxygen atoms in total. The first-order chi connectivity index (χ1) is 14.1. The van der Waals surface area contributed by atoms with Crippen LogP contribution in [0.2, 0.25) is 0 Å². The number of benzene rings is 2. The van der Waals surface area contributed by atoms with Gasteiger partial charge in [0.25, 0.3) is 0 Å². The average molecular weight is 394 g/mol. The third-order valence-corrected chi connectivity index (χ3v) is 5.92. The molecule has 0 radical (unpaired) electrons. The normalized spacial score (nSPS) is 24.1. The highest BCUT2D eigenvalue weighted by Crippen LogP contribution is 2.30. The molecule has 29 heavy (non-hydrogen) atoms. The van der Waals surface area contributed by atoms with E-state index in [0.29, 0.717) is 12.5 Å². The number of aromatic carboxylic acids is 1. The summed E-state index contributed by atoms with van der Waals surface area (Å²) in [5.41, 5.74) is 1.88. The lowest BCUT2D eigenvalue weighted by Gasteiger charge is -2.44. The zero-order valence-corrected chi connectivity index (χ0v) is 16.3. The number of esters is 1. The number of nitrogens with one attached hydrogen (secondary N) is 1. The van der Waals surface area contributed by atoms with Gasteiger partial charge in [0.15, 0.2) is 0 Å². The summed E-state index contributed by atoms with van der Waals surface area (Å²) in [5.74, 6) is -0.787.